The molecule has 4 heterocycles. The Hall–Kier alpha value is -3.01. The van der Waals surface area contributed by atoms with Crippen LogP contribution in [-0.4, -0.2) is 66.1 Å². The van der Waals surface area contributed by atoms with Crippen molar-refractivity contribution in [3.8, 4) is 0 Å². The molecule has 2 aromatic heterocycles. The summed E-state index contributed by atoms with van der Waals surface area (Å²) in [6, 6.07) is 8.22. The minimum Gasteiger partial charge on any atom is -0.480 e. The number of hydrogen-bond donors (Lipinski definition) is 3. The van der Waals surface area contributed by atoms with Crippen LogP contribution in [0.2, 0.25) is 0 Å². The number of carboxylic acid groups (broad SMARTS) is 1. The fourth-order valence-electron chi connectivity index (χ4n) is 5.63. The fourth-order valence-corrected chi connectivity index (χ4v) is 5.63. The molecule has 0 bridgehead atoms. The molecule has 2 fully saturated rings. The van der Waals surface area contributed by atoms with Crippen LogP contribution in [0.3, 0.4) is 0 Å². The van der Waals surface area contributed by atoms with E-state index >= 15 is 0 Å². The van der Waals surface area contributed by atoms with Gasteiger partial charge in [0, 0.05) is 51.5 Å². The number of nitrogens with zero attached hydrogens (tertiary/aromatic N) is 5. The lowest BCUT2D eigenvalue weighted by atomic mass is 9.77. The zero-order valence-electron chi connectivity index (χ0n) is 20.4. The van der Waals surface area contributed by atoms with Crippen molar-refractivity contribution in [2.45, 2.75) is 51.5 Å². The summed E-state index contributed by atoms with van der Waals surface area (Å²) in [6.45, 7) is 5.71. The Labute approximate surface area is 206 Å². The Morgan fingerprint density at radius 1 is 1.11 bits per heavy atom. The molecule has 0 saturated carbocycles. The van der Waals surface area contributed by atoms with Crippen molar-refractivity contribution in [1.29, 1.82) is 0 Å². The molecule has 1 spiro atoms. The van der Waals surface area contributed by atoms with Gasteiger partial charge in [-0.1, -0.05) is 24.3 Å². The van der Waals surface area contributed by atoms with Crippen LogP contribution in [0.4, 0.5) is 0 Å². The molecule has 186 valence electrons. The Balaban J connectivity index is 1.25. The van der Waals surface area contributed by atoms with E-state index in [1.165, 1.54) is 5.56 Å². The minimum absolute atomic E-state index is 0.144. The van der Waals surface area contributed by atoms with Crippen molar-refractivity contribution in [3.05, 3.63) is 71.8 Å². The molecule has 9 heteroatoms. The van der Waals surface area contributed by atoms with Crippen molar-refractivity contribution in [2.75, 3.05) is 19.6 Å². The third-order valence-electron chi connectivity index (χ3n) is 7.58. The van der Waals surface area contributed by atoms with Gasteiger partial charge in [-0.3, -0.25) is 14.6 Å². The lowest BCUT2D eigenvalue weighted by Gasteiger charge is -2.33. The number of rotatable bonds is 9. The van der Waals surface area contributed by atoms with E-state index in [9.17, 15) is 9.90 Å². The molecule has 35 heavy (non-hydrogen) atoms. The molecule has 3 N–H and O–H groups in total. The summed E-state index contributed by atoms with van der Waals surface area (Å²) < 4.78 is 2.04. The topological polar surface area (TPSA) is 102 Å². The van der Waals surface area contributed by atoms with Gasteiger partial charge >= 0.3 is 5.97 Å². The standard InChI is InChI=1S/C26H35N7O2/c1-31-13-12-30-24(31)18-32(17-23-28-10-11-29-23)15-20-2-4-21(5-3-20)16-33-19-26(6-8-27-9-7-26)14-22(33)25(34)35/h2-5,10-13,22,27H,6-9,14-19H2,1H3,(H,28,29)(H,34,35)/t22-/m1/s1. The monoisotopic (exact) mass is 477 g/mol. The summed E-state index contributed by atoms with van der Waals surface area (Å²) in [6.07, 6.45) is 10.3. The first kappa shape index (κ1) is 23.7. The predicted molar refractivity (Wildman–Crippen MR) is 132 cm³/mol. The number of aryl methyl sites for hydroxylation is 1. The number of piperidine rings is 1. The molecule has 9 nitrogen and oxygen atoms in total. The van der Waals surface area contributed by atoms with Crippen molar-refractivity contribution < 1.29 is 9.90 Å². The zero-order chi connectivity index (χ0) is 24.3. The molecular formula is C26H35N7O2. The number of aromatic amines is 1. The van der Waals surface area contributed by atoms with E-state index in [0.717, 1.165) is 69.2 Å². The summed E-state index contributed by atoms with van der Waals surface area (Å²) in [5.74, 6) is 1.24. The number of aromatic nitrogens is 4. The van der Waals surface area contributed by atoms with Crippen molar-refractivity contribution in [1.82, 2.24) is 34.6 Å². The van der Waals surface area contributed by atoms with Crippen molar-refractivity contribution in [2.24, 2.45) is 12.5 Å². The molecule has 0 amide bonds. The summed E-state index contributed by atoms with van der Waals surface area (Å²) in [5, 5.41) is 13.3. The molecule has 2 aliphatic rings. The molecule has 5 rings (SSSR count). The SMILES string of the molecule is Cn1ccnc1CN(Cc1ccc(CN2CC3(CCNCC3)C[C@@H]2C(=O)O)cc1)Cc1ncc[nH]1. The third-order valence-corrected chi connectivity index (χ3v) is 7.58. The summed E-state index contributed by atoms with van der Waals surface area (Å²) >= 11 is 0. The number of nitrogens with one attached hydrogen (secondary N) is 2. The van der Waals surface area contributed by atoms with Crippen LogP contribution in [-0.2, 0) is 38.0 Å². The average Bonchev–Trinajstić information content (AvgIpc) is 3.58. The van der Waals surface area contributed by atoms with Crippen LogP contribution in [0, 0.1) is 5.41 Å². The quantitative estimate of drug-likeness (QED) is 0.435. The first-order chi connectivity index (χ1) is 17.0. The highest BCUT2D eigenvalue weighted by atomic mass is 16.4. The van der Waals surface area contributed by atoms with Gasteiger partial charge in [0.2, 0.25) is 0 Å². The van der Waals surface area contributed by atoms with Crippen LogP contribution < -0.4 is 5.32 Å². The highest BCUT2D eigenvalue weighted by Gasteiger charge is 2.46. The van der Waals surface area contributed by atoms with Crippen LogP contribution in [0.5, 0.6) is 0 Å². The second-order valence-electron chi connectivity index (χ2n) is 10.2. The maximum Gasteiger partial charge on any atom is 0.320 e. The van der Waals surface area contributed by atoms with Crippen LogP contribution in [0.15, 0.2) is 49.1 Å². The lowest BCUT2D eigenvalue weighted by Crippen LogP contribution is -2.38. The number of H-pyrrole nitrogens is 1. The predicted octanol–water partition coefficient (Wildman–Crippen LogP) is 2.37. The highest BCUT2D eigenvalue weighted by molar-refractivity contribution is 5.74. The van der Waals surface area contributed by atoms with E-state index in [2.05, 4.69) is 54.3 Å². The second-order valence-corrected chi connectivity index (χ2v) is 10.2. The minimum atomic E-state index is -0.695. The van der Waals surface area contributed by atoms with E-state index in [-0.39, 0.29) is 5.41 Å². The van der Waals surface area contributed by atoms with E-state index in [1.54, 1.807) is 6.20 Å². The van der Waals surface area contributed by atoms with Gasteiger partial charge in [-0.2, -0.15) is 0 Å². The van der Waals surface area contributed by atoms with Crippen molar-refractivity contribution >= 4 is 5.97 Å². The summed E-state index contributed by atoms with van der Waals surface area (Å²) in [7, 11) is 2.01. The molecule has 0 aliphatic carbocycles. The first-order valence-electron chi connectivity index (χ1n) is 12.4. The van der Waals surface area contributed by atoms with Gasteiger partial charge in [0.15, 0.2) is 0 Å². The van der Waals surface area contributed by atoms with E-state index in [4.69, 9.17) is 0 Å². The molecule has 1 atom stereocenters. The van der Waals surface area contributed by atoms with Gasteiger partial charge < -0.3 is 20.0 Å². The maximum atomic E-state index is 12.0. The number of imidazole rings is 2. The van der Waals surface area contributed by atoms with Gasteiger partial charge in [-0.05, 0) is 48.9 Å². The van der Waals surface area contributed by atoms with Crippen LogP contribution in [0.1, 0.15) is 42.0 Å². The Morgan fingerprint density at radius 2 is 1.89 bits per heavy atom. The van der Waals surface area contributed by atoms with Gasteiger partial charge in [-0.25, -0.2) is 9.97 Å². The third kappa shape index (κ3) is 5.63. The smallest absolute Gasteiger partial charge is 0.320 e. The van der Waals surface area contributed by atoms with E-state index in [1.807, 2.05) is 30.2 Å². The highest BCUT2D eigenvalue weighted by Crippen LogP contribution is 2.42. The summed E-state index contributed by atoms with van der Waals surface area (Å²) in [4.78, 5) is 28.6. The van der Waals surface area contributed by atoms with Gasteiger partial charge in [-0.15, -0.1) is 0 Å². The van der Waals surface area contributed by atoms with Gasteiger partial charge in [0.25, 0.3) is 0 Å². The van der Waals surface area contributed by atoms with Crippen LogP contribution in [0.25, 0.3) is 0 Å². The number of carboxylic acids is 1. The number of benzene rings is 1. The number of aliphatic carboxylic acids is 1. The molecule has 3 aromatic rings. The Kier molecular flexibility index (Phi) is 6.99. The molecule has 2 saturated heterocycles. The maximum absolute atomic E-state index is 12.0. The zero-order valence-corrected chi connectivity index (χ0v) is 20.4. The first-order valence-corrected chi connectivity index (χ1v) is 12.4. The molecule has 0 radical (unpaired) electrons. The normalized spacial score (nSPS) is 20.1. The second kappa shape index (κ2) is 10.3. The van der Waals surface area contributed by atoms with E-state index in [0.29, 0.717) is 13.1 Å². The van der Waals surface area contributed by atoms with Gasteiger partial charge in [0.1, 0.15) is 17.7 Å². The van der Waals surface area contributed by atoms with Crippen molar-refractivity contribution in [3.63, 3.8) is 0 Å². The average molecular weight is 478 g/mol. The molecule has 0 unspecified atom stereocenters. The molecule has 2 aliphatic heterocycles. The van der Waals surface area contributed by atoms with E-state index < -0.39 is 12.0 Å². The fraction of sp³-hybridized carbons (Fsp3) is 0.500. The molecular weight excluding hydrogens is 442 g/mol. The Bertz CT molecular complexity index is 1100. The van der Waals surface area contributed by atoms with Crippen LogP contribution >= 0.6 is 0 Å². The largest absolute Gasteiger partial charge is 0.480 e. The number of hydrogen-bond acceptors (Lipinski definition) is 6. The number of likely N-dealkylation sites (tertiary alicyclic amines) is 1. The lowest BCUT2D eigenvalue weighted by molar-refractivity contribution is -0.142. The Morgan fingerprint density at radius 3 is 2.54 bits per heavy atom. The molecule has 1 aromatic carbocycles. The summed E-state index contributed by atoms with van der Waals surface area (Å²) in [5.41, 5.74) is 2.51. The van der Waals surface area contributed by atoms with Gasteiger partial charge in [0.05, 0.1) is 13.1 Å². The number of carbonyl (C=O) groups is 1.